The van der Waals surface area contributed by atoms with Crippen LogP contribution in [0.5, 0.6) is 0 Å². The molecular formula is C13H22N2O. The molecule has 0 aromatic heterocycles. The van der Waals surface area contributed by atoms with Gasteiger partial charge in [0.25, 0.3) is 0 Å². The molecule has 0 aromatic rings. The lowest BCUT2D eigenvalue weighted by molar-refractivity contribution is -0.123. The van der Waals surface area contributed by atoms with Gasteiger partial charge >= 0.3 is 0 Å². The lowest BCUT2D eigenvalue weighted by Gasteiger charge is -2.32. The molecule has 1 amide bonds. The number of hydrogen-bond acceptors (Lipinski definition) is 2. The van der Waals surface area contributed by atoms with Crippen LogP contribution in [0.2, 0.25) is 0 Å². The maximum absolute atomic E-state index is 11.7. The van der Waals surface area contributed by atoms with Crippen molar-refractivity contribution in [3.05, 3.63) is 0 Å². The first kappa shape index (κ1) is 13.1. The zero-order valence-corrected chi connectivity index (χ0v) is 10.2. The molecule has 16 heavy (non-hydrogen) atoms. The summed E-state index contributed by atoms with van der Waals surface area (Å²) in [4.78, 5) is 11.7. The van der Waals surface area contributed by atoms with E-state index in [0.29, 0.717) is 18.3 Å². The second-order valence-electron chi connectivity index (χ2n) is 5.14. The largest absolute Gasteiger partial charge is 0.352 e. The van der Waals surface area contributed by atoms with Crippen LogP contribution < -0.4 is 11.1 Å². The van der Waals surface area contributed by atoms with Crippen molar-refractivity contribution in [3.63, 3.8) is 0 Å². The molecular weight excluding hydrogens is 200 g/mol. The first-order chi connectivity index (χ1) is 7.52. The molecule has 1 rings (SSSR count). The van der Waals surface area contributed by atoms with Crippen LogP contribution in [0.3, 0.4) is 0 Å². The van der Waals surface area contributed by atoms with Gasteiger partial charge < -0.3 is 11.1 Å². The van der Waals surface area contributed by atoms with E-state index in [1.807, 2.05) is 0 Å². The SMILES string of the molecule is C#CCC(N)C(=O)NC1CC(C)CC(C)C1. The van der Waals surface area contributed by atoms with Crippen molar-refractivity contribution in [3.8, 4) is 12.3 Å². The molecule has 3 nitrogen and oxygen atoms in total. The lowest BCUT2D eigenvalue weighted by Crippen LogP contribution is -2.47. The first-order valence-corrected chi connectivity index (χ1v) is 6.02. The summed E-state index contributed by atoms with van der Waals surface area (Å²) >= 11 is 0. The van der Waals surface area contributed by atoms with Gasteiger partial charge in [-0.05, 0) is 31.1 Å². The highest BCUT2D eigenvalue weighted by Gasteiger charge is 2.26. The van der Waals surface area contributed by atoms with E-state index in [0.717, 1.165) is 12.8 Å². The van der Waals surface area contributed by atoms with Crippen LogP contribution in [-0.4, -0.2) is 18.0 Å². The van der Waals surface area contributed by atoms with Gasteiger partial charge in [0.05, 0.1) is 6.04 Å². The van der Waals surface area contributed by atoms with Crippen molar-refractivity contribution in [2.45, 2.75) is 51.6 Å². The van der Waals surface area contributed by atoms with Crippen molar-refractivity contribution < 1.29 is 4.79 Å². The molecule has 90 valence electrons. The van der Waals surface area contributed by atoms with E-state index in [9.17, 15) is 4.79 Å². The molecule has 1 aliphatic carbocycles. The van der Waals surface area contributed by atoms with Gasteiger partial charge in [-0.25, -0.2) is 0 Å². The monoisotopic (exact) mass is 222 g/mol. The van der Waals surface area contributed by atoms with Crippen LogP contribution in [0.4, 0.5) is 0 Å². The molecule has 0 saturated heterocycles. The smallest absolute Gasteiger partial charge is 0.238 e. The molecule has 0 bridgehead atoms. The molecule has 0 heterocycles. The van der Waals surface area contributed by atoms with Gasteiger partial charge in [-0.2, -0.15) is 0 Å². The van der Waals surface area contributed by atoms with Gasteiger partial charge in [-0.3, -0.25) is 4.79 Å². The Labute approximate surface area is 98.2 Å². The minimum atomic E-state index is -0.558. The third kappa shape index (κ3) is 3.86. The van der Waals surface area contributed by atoms with Gasteiger partial charge in [0.1, 0.15) is 0 Å². The van der Waals surface area contributed by atoms with Gasteiger partial charge in [-0.15, -0.1) is 12.3 Å². The number of nitrogens with one attached hydrogen (secondary N) is 1. The van der Waals surface area contributed by atoms with Crippen LogP contribution in [0.15, 0.2) is 0 Å². The summed E-state index contributed by atoms with van der Waals surface area (Å²) in [5, 5.41) is 3.00. The Kier molecular flexibility index (Phi) is 4.82. The molecule has 1 aliphatic rings. The molecule has 3 atom stereocenters. The van der Waals surface area contributed by atoms with Gasteiger partial charge in [0.15, 0.2) is 0 Å². The summed E-state index contributed by atoms with van der Waals surface area (Å²) < 4.78 is 0. The second-order valence-corrected chi connectivity index (χ2v) is 5.14. The van der Waals surface area contributed by atoms with E-state index in [1.165, 1.54) is 6.42 Å². The first-order valence-electron chi connectivity index (χ1n) is 6.02. The highest BCUT2D eigenvalue weighted by Crippen LogP contribution is 2.28. The van der Waals surface area contributed by atoms with E-state index in [4.69, 9.17) is 12.2 Å². The Bertz CT molecular complexity index is 272. The topological polar surface area (TPSA) is 55.1 Å². The fourth-order valence-corrected chi connectivity index (χ4v) is 2.59. The normalized spacial score (nSPS) is 31.5. The van der Waals surface area contributed by atoms with Crippen LogP contribution >= 0.6 is 0 Å². The second kappa shape index (κ2) is 5.91. The average Bonchev–Trinajstić information content (AvgIpc) is 2.16. The number of nitrogens with two attached hydrogens (primary N) is 1. The molecule has 3 unspecified atom stereocenters. The Hall–Kier alpha value is -1.01. The van der Waals surface area contributed by atoms with E-state index in [-0.39, 0.29) is 11.9 Å². The molecule has 0 spiro atoms. The molecule has 0 aromatic carbocycles. The maximum Gasteiger partial charge on any atom is 0.238 e. The minimum absolute atomic E-state index is 0.107. The van der Waals surface area contributed by atoms with Crippen molar-refractivity contribution in [2.75, 3.05) is 0 Å². The van der Waals surface area contributed by atoms with Crippen LogP contribution in [-0.2, 0) is 4.79 Å². The summed E-state index contributed by atoms with van der Waals surface area (Å²) in [6, 6.07) is -0.285. The van der Waals surface area contributed by atoms with Gasteiger partial charge in [0, 0.05) is 12.5 Å². The van der Waals surface area contributed by atoms with E-state index in [1.54, 1.807) is 0 Å². The van der Waals surface area contributed by atoms with Gasteiger partial charge in [-0.1, -0.05) is 13.8 Å². The maximum atomic E-state index is 11.7. The summed E-state index contributed by atoms with van der Waals surface area (Å²) in [5.74, 6) is 3.67. The summed E-state index contributed by atoms with van der Waals surface area (Å²) in [6.07, 6.45) is 8.81. The van der Waals surface area contributed by atoms with E-state index < -0.39 is 6.04 Å². The number of terminal acetylenes is 1. The summed E-state index contributed by atoms with van der Waals surface area (Å²) in [6.45, 7) is 4.46. The van der Waals surface area contributed by atoms with Crippen LogP contribution in [0, 0.1) is 24.2 Å². The summed E-state index contributed by atoms with van der Waals surface area (Å²) in [5.41, 5.74) is 5.66. The Morgan fingerprint density at radius 3 is 2.50 bits per heavy atom. The fourth-order valence-electron chi connectivity index (χ4n) is 2.59. The minimum Gasteiger partial charge on any atom is -0.352 e. The Morgan fingerprint density at radius 2 is 2.00 bits per heavy atom. The number of carbonyl (C=O) groups is 1. The van der Waals surface area contributed by atoms with Crippen LogP contribution in [0.1, 0.15) is 39.5 Å². The molecule has 0 radical (unpaired) electrons. The van der Waals surface area contributed by atoms with Crippen molar-refractivity contribution in [2.24, 2.45) is 17.6 Å². The third-order valence-corrected chi connectivity index (χ3v) is 3.20. The quantitative estimate of drug-likeness (QED) is 0.707. The Morgan fingerprint density at radius 1 is 1.44 bits per heavy atom. The molecule has 1 fully saturated rings. The number of rotatable bonds is 3. The molecule has 0 aliphatic heterocycles. The van der Waals surface area contributed by atoms with E-state index >= 15 is 0 Å². The zero-order chi connectivity index (χ0) is 12.1. The predicted molar refractivity (Wildman–Crippen MR) is 65.5 cm³/mol. The molecule has 3 heteroatoms. The summed E-state index contributed by atoms with van der Waals surface area (Å²) in [7, 11) is 0. The number of hydrogen-bond donors (Lipinski definition) is 2. The zero-order valence-electron chi connectivity index (χ0n) is 10.2. The molecule has 3 N–H and O–H groups in total. The third-order valence-electron chi connectivity index (χ3n) is 3.20. The van der Waals surface area contributed by atoms with Gasteiger partial charge in [0.2, 0.25) is 5.91 Å². The van der Waals surface area contributed by atoms with Crippen molar-refractivity contribution >= 4 is 5.91 Å². The standard InChI is InChI=1S/C13H22N2O/c1-4-5-12(14)13(16)15-11-7-9(2)6-10(3)8-11/h1,9-12H,5-8,14H2,2-3H3,(H,15,16). The number of carbonyl (C=O) groups excluding carboxylic acids is 1. The highest BCUT2D eigenvalue weighted by molar-refractivity contribution is 5.82. The average molecular weight is 222 g/mol. The van der Waals surface area contributed by atoms with Crippen molar-refractivity contribution in [1.29, 1.82) is 0 Å². The highest BCUT2D eigenvalue weighted by atomic mass is 16.2. The molecule has 1 saturated carbocycles. The predicted octanol–water partition coefficient (Wildman–Crippen LogP) is 1.28. The fraction of sp³-hybridized carbons (Fsp3) is 0.769. The van der Waals surface area contributed by atoms with E-state index in [2.05, 4.69) is 25.1 Å². The van der Waals surface area contributed by atoms with Crippen LogP contribution in [0.25, 0.3) is 0 Å². The lowest BCUT2D eigenvalue weighted by atomic mass is 9.80. The number of amides is 1. The van der Waals surface area contributed by atoms with Crippen molar-refractivity contribution in [1.82, 2.24) is 5.32 Å². The Balaban J connectivity index is 2.42.